The summed E-state index contributed by atoms with van der Waals surface area (Å²) in [5.41, 5.74) is 0.623. The predicted octanol–water partition coefficient (Wildman–Crippen LogP) is 1.45. The van der Waals surface area contributed by atoms with E-state index in [2.05, 4.69) is 14.9 Å². The van der Waals surface area contributed by atoms with Gasteiger partial charge in [-0.2, -0.15) is 17.4 Å². The van der Waals surface area contributed by atoms with Crippen molar-refractivity contribution < 1.29 is 8.42 Å². The normalized spacial score (nSPS) is 17.3. The number of halogens is 1. The van der Waals surface area contributed by atoms with Crippen LogP contribution in [0.2, 0.25) is 5.02 Å². The Hall–Kier alpha value is -1.22. The Bertz CT molecular complexity index is 787. The van der Waals surface area contributed by atoms with Crippen molar-refractivity contribution in [2.45, 2.75) is 32.4 Å². The lowest BCUT2D eigenvalue weighted by molar-refractivity contribution is 0.351. The van der Waals surface area contributed by atoms with E-state index in [0.29, 0.717) is 22.4 Å². The van der Waals surface area contributed by atoms with Crippen LogP contribution in [0.5, 0.6) is 0 Å². The number of rotatable bonds is 6. The van der Waals surface area contributed by atoms with Crippen LogP contribution in [-0.2, 0) is 16.8 Å². The van der Waals surface area contributed by atoms with E-state index in [-0.39, 0.29) is 12.6 Å². The quantitative estimate of drug-likeness (QED) is 0.860. The van der Waals surface area contributed by atoms with Crippen LogP contribution in [0.3, 0.4) is 0 Å². The number of hydrogen-bond donors (Lipinski definition) is 1. The molecule has 1 atom stereocenters. The fourth-order valence-electron chi connectivity index (χ4n) is 2.38. The lowest BCUT2D eigenvalue weighted by Gasteiger charge is -2.24. The predicted molar refractivity (Wildman–Crippen MR) is 83.7 cm³/mol. The molecule has 1 aliphatic carbocycles. The van der Waals surface area contributed by atoms with Gasteiger partial charge in [-0.1, -0.05) is 11.6 Å². The molecule has 2 aromatic rings. The van der Waals surface area contributed by atoms with Gasteiger partial charge in [-0.25, -0.2) is 0 Å². The summed E-state index contributed by atoms with van der Waals surface area (Å²) in [6.07, 6.45) is 3.85. The number of nitrogens with zero attached hydrogens (tertiary/aromatic N) is 4. The van der Waals surface area contributed by atoms with E-state index in [1.807, 2.05) is 6.92 Å². The first kappa shape index (κ1) is 15.7. The monoisotopic (exact) mass is 343 g/mol. The summed E-state index contributed by atoms with van der Waals surface area (Å²) >= 11 is 5.95. The third-order valence-corrected chi connectivity index (χ3v) is 5.93. The summed E-state index contributed by atoms with van der Waals surface area (Å²) in [5.74, 6) is 0.961. The van der Waals surface area contributed by atoms with Gasteiger partial charge < -0.3 is 0 Å². The minimum atomic E-state index is -3.55. The fourth-order valence-corrected chi connectivity index (χ4v) is 3.67. The first-order valence-electron chi connectivity index (χ1n) is 7.10. The Morgan fingerprint density at radius 1 is 1.45 bits per heavy atom. The van der Waals surface area contributed by atoms with E-state index in [1.54, 1.807) is 29.8 Å². The average Bonchev–Trinajstić information content (AvgIpc) is 3.25. The van der Waals surface area contributed by atoms with Crippen molar-refractivity contribution in [1.29, 1.82) is 0 Å². The third kappa shape index (κ3) is 3.10. The Kier molecular flexibility index (Phi) is 4.11. The maximum Gasteiger partial charge on any atom is 0.279 e. The minimum absolute atomic E-state index is 0.00193. The molecule has 1 unspecified atom stereocenters. The van der Waals surface area contributed by atoms with Gasteiger partial charge in [-0.15, -0.1) is 10.2 Å². The highest BCUT2D eigenvalue weighted by Gasteiger charge is 2.35. The van der Waals surface area contributed by atoms with Gasteiger partial charge in [0.15, 0.2) is 11.5 Å². The van der Waals surface area contributed by atoms with E-state index in [4.69, 9.17) is 11.6 Å². The van der Waals surface area contributed by atoms with Crippen LogP contribution >= 0.6 is 11.6 Å². The molecule has 1 N–H and O–H groups in total. The molecular formula is C13H18ClN5O2S. The molecule has 0 bridgehead atoms. The fraction of sp³-hybridized carbons (Fsp3) is 0.538. The average molecular weight is 344 g/mol. The second-order valence-electron chi connectivity index (χ2n) is 5.61. The van der Waals surface area contributed by atoms with Crippen LogP contribution in [-0.4, -0.2) is 40.4 Å². The standard InChI is InChI=1S/C13H18ClN5O2S/c1-9(10-3-4-10)18(2)22(20,21)15-7-13-17-16-12-6-5-11(14)8-19(12)13/h5-6,8-10,15H,3-4,7H2,1-2H3. The highest BCUT2D eigenvalue weighted by molar-refractivity contribution is 7.87. The Balaban J connectivity index is 1.74. The number of aromatic nitrogens is 3. The lowest BCUT2D eigenvalue weighted by atomic mass is 10.2. The summed E-state index contributed by atoms with van der Waals surface area (Å²) in [5, 5.41) is 8.52. The van der Waals surface area contributed by atoms with Crippen LogP contribution in [0, 0.1) is 5.92 Å². The van der Waals surface area contributed by atoms with E-state index in [1.165, 1.54) is 4.31 Å². The largest absolute Gasteiger partial charge is 0.284 e. The van der Waals surface area contributed by atoms with Gasteiger partial charge in [0.1, 0.15) is 0 Å². The Morgan fingerprint density at radius 3 is 2.86 bits per heavy atom. The molecule has 3 rings (SSSR count). The second kappa shape index (κ2) is 5.77. The molecule has 1 fully saturated rings. The van der Waals surface area contributed by atoms with Crippen LogP contribution in [0.1, 0.15) is 25.6 Å². The summed E-state index contributed by atoms with van der Waals surface area (Å²) in [7, 11) is -1.95. The van der Waals surface area contributed by atoms with Crippen molar-refractivity contribution in [3.05, 3.63) is 29.2 Å². The van der Waals surface area contributed by atoms with Gasteiger partial charge in [0, 0.05) is 19.3 Å². The molecule has 22 heavy (non-hydrogen) atoms. The van der Waals surface area contributed by atoms with E-state index in [0.717, 1.165) is 12.8 Å². The van der Waals surface area contributed by atoms with E-state index >= 15 is 0 Å². The second-order valence-corrected chi connectivity index (χ2v) is 7.86. The maximum absolute atomic E-state index is 12.3. The van der Waals surface area contributed by atoms with Gasteiger partial charge in [-0.3, -0.25) is 4.40 Å². The van der Waals surface area contributed by atoms with E-state index in [9.17, 15) is 8.42 Å². The van der Waals surface area contributed by atoms with Crippen molar-refractivity contribution in [1.82, 2.24) is 23.6 Å². The highest BCUT2D eigenvalue weighted by atomic mass is 35.5. The van der Waals surface area contributed by atoms with Crippen molar-refractivity contribution in [3.63, 3.8) is 0 Å². The maximum atomic E-state index is 12.3. The molecule has 7 nitrogen and oxygen atoms in total. The first-order valence-corrected chi connectivity index (χ1v) is 8.92. The van der Waals surface area contributed by atoms with Gasteiger partial charge in [0.25, 0.3) is 10.2 Å². The molecule has 0 amide bonds. The lowest BCUT2D eigenvalue weighted by Crippen LogP contribution is -2.43. The van der Waals surface area contributed by atoms with Gasteiger partial charge in [0.05, 0.1) is 11.6 Å². The molecule has 1 aliphatic rings. The summed E-state index contributed by atoms with van der Waals surface area (Å²) in [6, 6.07) is 3.45. The molecule has 0 aliphatic heterocycles. The summed E-state index contributed by atoms with van der Waals surface area (Å²) in [4.78, 5) is 0. The molecule has 2 heterocycles. The SMILES string of the molecule is CC(C1CC1)N(C)S(=O)(=O)NCc1nnc2ccc(Cl)cn12. The zero-order chi connectivity index (χ0) is 15.9. The molecule has 0 saturated heterocycles. The third-order valence-electron chi connectivity index (χ3n) is 4.11. The molecule has 0 radical (unpaired) electrons. The smallest absolute Gasteiger partial charge is 0.279 e. The zero-order valence-corrected chi connectivity index (χ0v) is 14.0. The van der Waals surface area contributed by atoms with Crippen LogP contribution < -0.4 is 4.72 Å². The highest BCUT2D eigenvalue weighted by Crippen LogP contribution is 2.35. The zero-order valence-electron chi connectivity index (χ0n) is 12.4. The van der Waals surface area contributed by atoms with Crippen molar-refractivity contribution >= 4 is 27.5 Å². The van der Waals surface area contributed by atoms with Crippen molar-refractivity contribution in [2.24, 2.45) is 5.92 Å². The molecule has 2 aromatic heterocycles. The number of nitrogens with one attached hydrogen (secondary N) is 1. The number of fused-ring (bicyclic) bond motifs is 1. The minimum Gasteiger partial charge on any atom is -0.284 e. The topological polar surface area (TPSA) is 79.6 Å². The number of pyridine rings is 1. The number of hydrogen-bond acceptors (Lipinski definition) is 4. The van der Waals surface area contributed by atoms with Gasteiger partial charge >= 0.3 is 0 Å². The first-order chi connectivity index (χ1) is 10.4. The molecular weight excluding hydrogens is 326 g/mol. The molecule has 0 aromatic carbocycles. The molecule has 0 spiro atoms. The van der Waals surface area contributed by atoms with Gasteiger partial charge in [-0.05, 0) is 37.8 Å². The summed E-state index contributed by atoms with van der Waals surface area (Å²) in [6.45, 7) is 1.99. The van der Waals surface area contributed by atoms with E-state index < -0.39 is 10.2 Å². The van der Waals surface area contributed by atoms with Crippen LogP contribution in [0.25, 0.3) is 5.65 Å². The van der Waals surface area contributed by atoms with Crippen molar-refractivity contribution in [3.8, 4) is 0 Å². The Labute approximate surface area is 134 Å². The Morgan fingerprint density at radius 2 is 2.18 bits per heavy atom. The molecule has 120 valence electrons. The molecule has 9 heteroatoms. The van der Waals surface area contributed by atoms with Gasteiger partial charge in [0.2, 0.25) is 0 Å². The summed E-state index contributed by atoms with van der Waals surface area (Å²) < 4.78 is 30.3. The van der Waals surface area contributed by atoms with Crippen molar-refractivity contribution in [2.75, 3.05) is 7.05 Å². The van der Waals surface area contributed by atoms with Crippen LogP contribution in [0.15, 0.2) is 18.3 Å². The molecule has 1 saturated carbocycles. The van der Waals surface area contributed by atoms with Crippen LogP contribution in [0.4, 0.5) is 0 Å².